The fraction of sp³-hybridized carbons (Fsp3) is 0.556. The molecule has 2 saturated heterocycles. The summed E-state index contributed by atoms with van der Waals surface area (Å²) in [4.78, 5) is 31.0. The van der Waals surface area contributed by atoms with Gasteiger partial charge in [0.15, 0.2) is 0 Å². The smallest absolute Gasteiger partial charge is 0.228 e. The van der Waals surface area contributed by atoms with Gasteiger partial charge in [-0.2, -0.15) is 0 Å². The first kappa shape index (κ1) is 16.9. The van der Waals surface area contributed by atoms with Crippen LogP contribution in [0.3, 0.4) is 0 Å². The van der Waals surface area contributed by atoms with Crippen LogP contribution in [-0.4, -0.2) is 66.8 Å². The maximum Gasteiger partial charge on any atom is 0.228 e. The van der Waals surface area contributed by atoms with Crippen molar-refractivity contribution in [1.82, 2.24) is 14.7 Å². The van der Waals surface area contributed by atoms with Crippen molar-refractivity contribution in [2.24, 2.45) is 5.92 Å². The zero-order valence-electron chi connectivity index (χ0n) is 14.2. The van der Waals surface area contributed by atoms with Gasteiger partial charge in [-0.1, -0.05) is 12.1 Å². The molecule has 3 rings (SSSR count). The van der Waals surface area contributed by atoms with Gasteiger partial charge in [0.25, 0.3) is 0 Å². The average Bonchev–Trinajstić information content (AvgIpc) is 2.58. The van der Waals surface area contributed by atoms with Crippen LogP contribution in [0.1, 0.15) is 24.4 Å². The first-order valence-electron chi connectivity index (χ1n) is 8.46. The maximum absolute atomic E-state index is 13.3. The van der Waals surface area contributed by atoms with E-state index in [1.54, 1.807) is 24.1 Å². The number of carbonyl (C=O) groups excluding carboxylic acids is 2. The number of amides is 2. The predicted molar refractivity (Wildman–Crippen MR) is 88.7 cm³/mol. The Morgan fingerprint density at radius 3 is 2.33 bits per heavy atom. The fourth-order valence-corrected chi connectivity index (χ4v) is 3.67. The molecule has 6 heteroatoms. The lowest BCUT2D eigenvalue weighted by molar-refractivity contribution is -0.147. The van der Waals surface area contributed by atoms with Gasteiger partial charge >= 0.3 is 0 Å². The van der Waals surface area contributed by atoms with Gasteiger partial charge in [0.05, 0.1) is 12.0 Å². The zero-order chi connectivity index (χ0) is 17.3. The molecule has 5 nitrogen and oxygen atoms in total. The second-order valence-corrected chi connectivity index (χ2v) is 6.77. The van der Waals surface area contributed by atoms with Gasteiger partial charge in [-0.25, -0.2) is 4.39 Å². The number of halogens is 1. The number of benzene rings is 1. The summed E-state index contributed by atoms with van der Waals surface area (Å²) >= 11 is 0. The Kier molecular flexibility index (Phi) is 4.85. The van der Waals surface area contributed by atoms with Crippen molar-refractivity contribution in [3.8, 4) is 0 Å². The highest BCUT2D eigenvalue weighted by molar-refractivity contribution is 5.85. The Hall–Kier alpha value is -1.95. The van der Waals surface area contributed by atoms with Gasteiger partial charge in [0.1, 0.15) is 5.82 Å². The average molecular weight is 333 g/mol. The van der Waals surface area contributed by atoms with E-state index in [1.165, 1.54) is 12.1 Å². The summed E-state index contributed by atoms with van der Waals surface area (Å²) in [5.41, 5.74) is 0.819. The maximum atomic E-state index is 13.3. The van der Waals surface area contributed by atoms with Crippen molar-refractivity contribution in [2.45, 2.75) is 18.9 Å². The topological polar surface area (TPSA) is 43.9 Å². The number of likely N-dealkylation sites (N-methyl/N-ethyl adjacent to an activating group) is 1. The highest BCUT2D eigenvalue weighted by atomic mass is 19.1. The lowest BCUT2D eigenvalue weighted by Crippen LogP contribution is -2.52. The molecule has 2 atom stereocenters. The molecule has 1 aromatic carbocycles. The summed E-state index contributed by atoms with van der Waals surface area (Å²) in [5.74, 6) is -0.435. The lowest BCUT2D eigenvalue weighted by atomic mass is 9.83. The van der Waals surface area contributed by atoms with Crippen LogP contribution in [0.25, 0.3) is 0 Å². The van der Waals surface area contributed by atoms with Crippen LogP contribution >= 0.6 is 0 Å². The number of piperazine rings is 1. The van der Waals surface area contributed by atoms with Gasteiger partial charge in [0.2, 0.25) is 11.8 Å². The van der Waals surface area contributed by atoms with Crippen LogP contribution in [0.4, 0.5) is 4.39 Å². The van der Waals surface area contributed by atoms with E-state index in [-0.39, 0.29) is 29.6 Å². The van der Waals surface area contributed by atoms with E-state index >= 15 is 0 Å². The minimum Gasteiger partial charge on any atom is -0.340 e. The molecule has 130 valence electrons. The molecule has 2 fully saturated rings. The van der Waals surface area contributed by atoms with E-state index in [9.17, 15) is 14.0 Å². The molecule has 0 spiro atoms. The molecule has 0 aromatic heterocycles. The van der Waals surface area contributed by atoms with Crippen molar-refractivity contribution < 1.29 is 14.0 Å². The number of hydrogen-bond donors (Lipinski definition) is 0. The van der Waals surface area contributed by atoms with E-state index in [2.05, 4.69) is 11.9 Å². The van der Waals surface area contributed by atoms with Crippen LogP contribution in [0.2, 0.25) is 0 Å². The Balaban J connectivity index is 1.84. The van der Waals surface area contributed by atoms with Crippen molar-refractivity contribution in [3.63, 3.8) is 0 Å². The van der Waals surface area contributed by atoms with Crippen LogP contribution in [-0.2, 0) is 9.59 Å². The van der Waals surface area contributed by atoms with Gasteiger partial charge < -0.3 is 14.7 Å². The van der Waals surface area contributed by atoms with Gasteiger partial charge in [-0.3, -0.25) is 9.59 Å². The number of likely N-dealkylation sites (tertiary alicyclic amines) is 1. The van der Waals surface area contributed by atoms with Gasteiger partial charge in [0, 0.05) is 39.6 Å². The highest BCUT2D eigenvalue weighted by Crippen LogP contribution is 2.37. The third kappa shape index (κ3) is 3.29. The highest BCUT2D eigenvalue weighted by Gasteiger charge is 2.40. The molecule has 0 unspecified atom stereocenters. The van der Waals surface area contributed by atoms with Gasteiger partial charge in [-0.05, 0) is 31.2 Å². The third-order valence-corrected chi connectivity index (χ3v) is 5.20. The molecule has 0 radical (unpaired) electrons. The van der Waals surface area contributed by atoms with E-state index in [0.717, 1.165) is 31.7 Å². The zero-order valence-corrected chi connectivity index (χ0v) is 14.2. The molecular formula is C18H24FN3O2. The monoisotopic (exact) mass is 333 g/mol. The third-order valence-electron chi connectivity index (χ3n) is 5.20. The summed E-state index contributed by atoms with van der Waals surface area (Å²) in [6.07, 6.45) is 0.939. The fourth-order valence-electron chi connectivity index (χ4n) is 3.67. The Morgan fingerprint density at radius 2 is 1.71 bits per heavy atom. The van der Waals surface area contributed by atoms with E-state index < -0.39 is 0 Å². The normalized spacial score (nSPS) is 25.9. The Labute approximate surface area is 142 Å². The van der Waals surface area contributed by atoms with E-state index in [1.807, 2.05) is 4.90 Å². The molecule has 2 heterocycles. The Bertz CT molecular complexity index is 611. The lowest BCUT2D eigenvalue weighted by Gasteiger charge is -2.42. The SMILES string of the molecule is CN1CCN(C(=O)[C@H]2CCC(=O)N(C)[C@@H]2c2ccc(F)cc2)CC1. The molecule has 0 bridgehead atoms. The van der Waals surface area contributed by atoms with Crippen LogP contribution in [0.15, 0.2) is 24.3 Å². The minimum atomic E-state index is -0.320. The van der Waals surface area contributed by atoms with Crippen LogP contribution in [0.5, 0.6) is 0 Å². The molecule has 0 saturated carbocycles. The molecule has 1 aromatic rings. The molecule has 0 aliphatic carbocycles. The first-order chi connectivity index (χ1) is 11.5. The van der Waals surface area contributed by atoms with Crippen molar-refractivity contribution in [2.75, 3.05) is 40.3 Å². The number of hydrogen-bond acceptors (Lipinski definition) is 3. The predicted octanol–water partition coefficient (Wildman–Crippen LogP) is 1.51. The molecule has 2 aliphatic heterocycles. The quantitative estimate of drug-likeness (QED) is 0.824. The van der Waals surface area contributed by atoms with Crippen molar-refractivity contribution >= 4 is 11.8 Å². The molecule has 24 heavy (non-hydrogen) atoms. The summed E-state index contributed by atoms with van der Waals surface area (Å²) < 4.78 is 13.3. The molecule has 0 N–H and O–H groups in total. The minimum absolute atomic E-state index is 0.0340. The number of carbonyl (C=O) groups is 2. The molecule has 2 amide bonds. The van der Waals surface area contributed by atoms with Gasteiger partial charge in [-0.15, -0.1) is 0 Å². The van der Waals surface area contributed by atoms with Crippen molar-refractivity contribution in [3.05, 3.63) is 35.6 Å². The number of rotatable bonds is 2. The number of piperidine rings is 1. The first-order valence-corrected chi connectivity index (χ1v) is 8.46. The van der Waals surface area contributed by atoms with E-state index in [0.29, 0.717) is 12.8 Å². The number of nitrogens with zero attached hydrogens (tertiary/aromatic N) is 3. The second-order valence-electron chi connectivity index (χ2n) is 6.77. The van der Waals surface area contributed by atoms with Crippen molar-refractivity contribution in [1.29, 1.82) is 0 Å². The van der Waals surface area contributed by atoms with Crippen LogP contribution < -0.4 is 0 Å². The summed E-state index contributed by atoms with van der Waals surface area (Å²) in [7, 11) is 3.79. The summed E-state index contributed by atoms with van der Waals surface area (Å²) in [5, 5.41) is 0. The molecule has 2 aliphatic rings. The van der Waals surface area contributed by atoms with E-state index in [4.69, 9.17) is 0 Å². The van der Waals surface area contributed by atoms with Crippen LogP contribution in [0, 0.1) is 11.7 Å². The summed E-state index contributed by atoms with van der Waals surface area (Å²) in [6, 6.07) is 5.82. The molecular weight excluding hydrogens is 309 g/mol. The second kappa shape index (κ2) is 6.89. The standard InChI is InChI=1S/C18H24FN3O2/c1-20-9-11-22(12-10-20)18(24)15-7-8-16(23)21(2)17(15)13-3-5-14(19)6-4-13/h3-6,15,17H,7-12H2,1-2H3/t15-,17+/m0/s1. The largest absolute Gasteiger partial charge is 0.340 e. The summed E-state index contributed by atoms with van der Waals surface area (Å²) in [6.45, 7) is 3.18. The Morgan fingerprint density at radius 1 is 1.08 bits per heavy atom.